The fraction of sp³-hybridized carbons (Fsp3) is 0.235. The Hall–Kier alpha value is -3.95. The van der Waals surface area contributed by atoms with Crippen LogP contribution in [0.5, 0.6) is 0 Å². The number of carbonyl (C=O) groups is 2. The third-order valence-corrected chi connectivity index (χ3v) is 7.95. The molecule has 0 spiro atoms. The minimum atomic E-state index is -1.34. The summed E-state index contributed by atoms with van der Waals surface area (Å²) in [6.07, 6.45) is -4.56. The van der Waals surface area contributed by atoms with Crippen molar-refractivity contribution in [3.63, 3.8) is 0 Å². The van der Waals surface area contributed by atoms with E-state index in [4.69, 9.17) is 18.9 Å². The Morgan fingerprint density at radius 1 is 0.738 bits per heavy atom. The Bertz CT molecular complexity index is 1430. The lowest BCUT2D eigenvalue weighted by molar-refractivity contribution is -0.211. The maximum absolute atomic E-state index is 13.2. The number of carbonyl (C=O) groups excluding carboxylic acids is 2. The Morgan fingerprint density at radius 3 is 1.83 bits per heavy atom. The van der Waals surface area contributed by atoms with Gasteiger partial charge in [-0.25, -0.2) is 9.59 Å². The second kappa shape index (κ2) is 14.3. The molecule has 42 heavy (non-hydrogen) atoms. The number of rotatable bonds is 10. The van der Waals surface area contributed by atoms with Crippen LogP contribution in [-0.2, 0) is 25.6 Å². The molecule has 7 nitrogen and oxygen atoms in total. The first-order chi connectivity index (χ1) is 20.5. The second-order valence-corrected chi connectivity index (χ2v) is 11.1. The van der Waals surface area contributed by atoms with E-state index in [9.17, 15) is 14.7 Å². The molecular formula is C34H32O7S. The summed E-state index contributed by atoms with van der Waals surface area (Å²) in [6, 6.07) is 34.5. The number of benzene rings is 4. The average molecular weight is 585 g/mol. The van der Waals surface area contributed by atoms with Crippen molar-refractivity contribution in [1.82, 2.24) is 0 Å². The number of esters is 2. The van der Waals surface area contributed by atoms with Gasteiger partial charge in [-0.15, -0.1) is 0 Å². The molecule has 0 aliphatic carbocycles. The molecule has 1 aliphatic heterocycles. The normalized spacial score (nSPS) is 21.8. The van der Waals surface area contributed by atoms with Gasteiger partial charge in [0.15, 0.2) is 12.2 Å². The van der Waals surface area contributed by atoms with Crippen LogP contribution in [-0.4, -0.2) is 53.5 Å². The summed E-state index contributed by atoms with van der Waals surface area (Å²) in [7, 11) is 0. The van der Waals surface area contributed by atoms with Gasteiger partial charge in [0.2, 0.25) is 0 Å². The SMILES string of the molecule is Cc1ccc(S[C@@H]2O[C@H](COCc3ccccc3)[C@H](O)[C@H](OC(=O)c3ccccc3)[C@H]2OC(=O)c2ccccc2)cc1. The molecule has 1 aliphatic rings. The van der Waals surface area contributed by atoms with Crippen molar-refractivity contribution in [2.24, 2.45) is 0 Å². The number of thioether (sulfide) groups is 1. The quantitative estimate of drug-likeness (QED) is 0.233. The highest BCUT2D eigenvalue weighted by Crippen LogP contribution is 2.37. The Labute approximate surface area is 249 Å². The minimum absolute atomic E-state index is 0.0275. The molecule has 1 saturated heterocycles. The predicted molar refractivity (Wildman–Crippen MR) is 159 cm³/mol. The summed E-state index contributed by atoms with van der Waals surface area (Å²) >= 11 is 1.32. The highest BCUT2D eigenvalue weighted by atomic mass is 32.2. The van der Waals surface area contributed by atoms with E-state index in [2.05, 4.69) is 0 Å². The highest BCUT2D eigenvalue weighted by Gasteiger charge is 2.50. The summed E-state index contributed by atoms with van der Waals surface area (Å²) in [6.45, 7) is 2.33. The third-order valence-electron chi connectivity index (χ3n) is 6.79. The number of aryl methyl sites for hydroxylation is 1. The monoisotopic (exact) mass is 584 g/mol. The number of aliphatic hydroxyl groups is 1. The fourth-order valence-corrected chi connectivity index (χ4v) is 5.64. The van der Waals surface area contributed by atoms with E-state index in [0.29, 0.717) is 17.7 Å². The van der Waals surface area contributed by atoms with Crippen molar-refractivity contribution in [3.8, 4) is 0 Å². The first-order valence-electron chi connectivity index (χ1n) is 13.7. The van der Waals surface area contributed by atoms with Crippen LogP contribution >= 0.6 is 11.8 Å². The number of ether oxygens (including phenoxy) is 4. The van der Waals surface area contributed by atoms with E-state index in [1.54, 1.807) is 60.7 Å². The molecule has 4 aromatic carbocycles. The zero-order valence-electron chi connectivity index (χ0n) is 23.1. The van der Waals surface area contributed by atoms with E-state index >= 15 is 0 Å². The smallest absolute Gasteiger partial charge is 0.338 e. The van der Waals surface area contributed by atoms with E-state index in [0.717, 1.165) is 16.0 Å². The van der Waals surface area contributed by atoms with Crippen molar-refractivity contribution < 1.29 is 33.6 Å². The van der Waals surface area contributed by atoms with Crippen molar-refractivity contribution >= 4 is 23.7 Å². The second-order valence-electron chi connectivity index (χ2n) is 9.94. The van der Waals surface area contributed by atoms with E-state index in [-0.39, 0.29) is 6.61 Å². The summed E-state index contributed by atoms with van der Waals surface area (Å²) in [5, 5.41) is 11.5. The van der Waals surface area contributed by atoms with Gasteiger partial charge in [-0.2, -0.15) is 0 Å². The number of hydrogen-bond donors (Lipinski definition) is 1. The van der Waals surface area contributed by atoms with Gasteiger partial charge < -0.3 is 24.1 Å². The van der Waals surface area contributed by atoms with Crippen molar-refractivity contribution in [1.29, 1.82) is 0 Å². The standard InChI is InChI=1S/C34H32O7S/c1-23-17-19-27(20-18-23)42-34-31(41-33(37)26-15-9-4-10-16-26)30(40-32(36)25-13-7-3-8-14-25)29(35)28(39-34)22-38-21-24-11-5-2-6-12-24/h2-20,28-31,34-35H,21-22H2,1H3/t28-,29+,30+,31-,34+/m1/s1. The van der Waals surface area contributed by atoms with Crippen LogP contribution in [0.1, 0.15) is 31.8 Å². The molecule has 5 atom stereocenters. The summed E-state index contributed by atoms with van der Waals surface area (Å²) < 4.78 is 24.2. The molecule has 5 rings (SSSR count). The zero-order valence-corrected chi connectivity index (χ0v) is 23.9. The molecule has 1 N–H and O–H groups in total. The predicted octanol–water partition coefficient (Wildman–Crippen LogP) is 5.84. The first kappa shape index (κ1) is 29.5. The van der Waals surface area contributed by atoms with Gasteiger partial charge >= 0.3 is 11.9 Å². The fourth-order valence-electron chi connectivity index (χ4n) is 4.53. The van der Waals surface area contributed by atoms with Gasteiger partial charge in [-0.1, -0.05) is 96.2 Å². The van der Waals surface area contributed by atoms with Gasteiger partial charge in [0.05, 0.1) is 24.3 Å². The number of hydrogen-bond acceptors (Lipinski definition) is 8. The molecule has 8 heteroatoms. The Morgan fingerprint density at radius 2 is 1.26 bits per heavy atom. The Kier molecular flexibility index (Phi) is 10.0. The molecule has 216 valence electrons. The largest absolute Gasteiger partial charge is 0.452 e. The van der Waals surface area contributed by atoms with Gasteiger partial charge in [0.1, 0.15) is 17.6 Å². The molecule has 4 aromatic rings. The average Bonchev–Trinajstić information content (AvgIpc) is 3.03. The van der Waals surface area contributed by atoms with Crippen LogP contribution in [0.2, 0.25) is 0 Å². The molecule has 0 unspecified atom stereocenters. The summed E-state index contributed by atoms with van der Waals surface area (Å²) in [5.41, 5.74) is 1.88. The van der Waals surface area contributed by atoms with Gasteiger partial charge in [0, 0.05) is 4.90 Å². The minimum Gasteiger partial charge on any atom is -0.452 e. The van der Waals surface area contributed by atoms with Crippen LogP contribution in [0, 0.1) is 6.92 Å². The molecule has 0 saturated carbocycles. The van der Waals surface area contributed by atoms with Crippen LogP contribution in [0.25, 0.3) is 0 Å². The highest BCUT2D eigenvalue weighted by molar-refractivity contribution is 7.99. The van der Waals surface area contributed by atoms with Gasteiger partial charge in [-0.3, -0.25) is 0 Å². The van der Waals surface area contributed by atoms with Gasteiger partial charge in [-0.05, 0) is 48.9 Å². The lowest BCUT2D eigenvalue weighted by atomic mass is 9.99. The molecule has 0 amide bonds. The zero-order chi connectivity index (χ0) is 29.3. The lowest BCUT2D eigenvalue weighted by Crippen LogP contribution is -2.60. The summed E-state index contributed by atoms with van der Waals surface area (Å²) in [5.74, 6) is -1.27. The molecule has 1 fully saturated rings. The maximum Gasteiger partial charge on any atom is 0.338 e. The lowest BCUT2D eigenvalue weighted by Gasteiger charge is -2.43. The Balaban J connectivity index is 1.43. The molecule has 0 bridgehead atoms. The summed E-state index contributed by atoms with van der Waals surface area (Å²) in [4.78, 5) is 27.3. The first-order valence-corrected chi connectivity index (χ1v) is 14.6. The molecule has 0 aromatic heterocycles. The van der Waals surface area contributed by atoms with Crippen LogP contribution in [0.4, 0.5) is 0 Å². The molecular weight excluding hydrogens is 552 g/mol. The van der Waals surface area contributed by atoms with Crippen LogP contribution in [0.15, 0.2) is 120 Å². The molecule has 0 radical (unpaired) electrons. The van der Waals surface area contributed by atoms with E-state index in [1.807, 2.05) is 61.5 Å². The molecule has 1 heterocycles. The van der Waals surface area contributed by atoms with E-state index in [1.165, 1.54) is 11.8 Å². The number of aliphatic hydroxyl groups excluding tert-OH is 1. The van der Waals surface area contributed by atoms with Crippen molar-refractivity contribution in [2.45, 2.75) is 48.3 Å². The van der Waals surface area contributed by atoms with E-state index < -0.39 is 41.8 Å². The van der Waals surface area contributed by atoms with Crippen molar-refractivity contribution in [2.75, 3.05) is 6.61 Å². The van der Waals surface area contributed by atoms with Gasteiger partial charge in [0.25, 0.3) is 0 Å². The van der Waals surface area contributed by atoms with Crippen LogP contribution < -0.4 is 0 Å². The maximum atomic E-state index is 13.2. The van der Waals surface area contributed by atoms with Crippen molar-refractivity contribution in [3.05, 3.63) is 138 Å². The van der Waals surface area contributed by atoms with Crippen LogP contribution in [0.3, 0.4) is 0 Å². The topological polar surface area (TPSA) is 91.3 Å². The third kappa shape index (κ3) is 7.66.